The molecule has 0 fully saturated rings. The molecule has 0 bridgehead atoms. The van der Waals surface area contributed by atoms with E-state index in [0.29, 0.717) is 0 Å². The number of hydrogen-bond acceptors (Lipinski definition) is 0. The molecule has 0 nitrogen and oxygen atoms in total. The first-order chi connectivity index (χ1) is 11.4. The van der Waals surface area contributed by atoms with Gasteiger partial charge in [-0.25, -0.2) is 0 Å². The fourth-order valence-electron chi connectivity index (χ4n) is 3.01. The second-order valence-corrected chi connectivity index (χ2v) is 12.4. The van der Waals surface area contributed by atoms with Gasteiger partial charge in [-0.2, -0.15) is 0 Å². The van der Waals surface area contributed by atoms with Crippen LogP contribution in [0.3, 0.4) is 0 Å². The molecule has 4 rings (SSSR count). The molecule has 0 spiro atoms. The van der Waals surface area contributed by atoms with Crippen molar-refractivity contribution in [3.05, 3.63) is 105 Å². The molecule has 1 atom stereocenters. The smallest absolute Gasteiger partial charge is 0.147 e. The molecule has 1 aliphatic heterocycles. The number of halogens is 2. The van der Waals surface area contributed by atoms with Gasteiger partial charge in [-0.15, -0.1) is 24.8 Å². The number of allylic oxidation sites excluding steroid dienone is 6. The monoisotopic (exact) mass is 462 g/mol. The van der Waals surface area contributed by atoms with E-state index in [-0.39, 0.29) is 27.7 Å². The van der Waals surface area contributed by atoms with E-state index >= 15 is 0 Å². The molecule has 0 N–H and O–H groups in total. The summed E-state index contributed by atoms with van der Waals surface area (Å²) in [4.78, 5) is 0. The first kappa shape index (κ1) is 20.6. The summed E-state index contributed by atoms with van der Waals surface area (Å²) in [7, 11) is 1.46. The number of rotatable bonds is 4. The normalized spacial score (nSPS) is 21.0. The molecular formula is C21H19Cl2PZr. The molecule has 2 aromatic rings. The standard InChI is InChI=1S/C16H12P.C5H5.2ClH.Zr/c1-3-7-13(8-4-1)15-11-12-16(17-15)14-9-5-2-6-10-14;1-2-4-5-3-1;;;/h1-12H;1-3H,4H2;2*1H;. The van der Waals surface area contributed by atoms with Crippen LogP contribution < -0.4 is 0 Å². The van der Waals surface area contributed by atoms with Crippen LogP contribution in [0.1, 0.15) is 17.5 Å². The van der Waals surface area contributed by atoms with Gasteiger partial charge < -0.3 is 0 Å². The molecule has 0 radical (unpaired) electrons. The minimum absolute atomic E-state index is 0. The third-order valence-electron chi connectivity index (χ3n) is 4.19. The van der Waals surface area contributed by atoms with Crippen LogP contribution in [0.25, 0.3) is 0 Å². The minimum Gasteiger partial charge on any atom is -0.147 e. The van der Waals surface area contributed by atoms with Crippen LogP contribution in [-0.2, 0) is 26.1 Å². The Morgan fingerprint density at radius 2 is 1.56 bits per heavy atom. The fraction of sp³-hybridized carbons (Fsp3) is 0.0952. The van der Waals surface area contributed by atoms with Crippen LogP contribution in [0, 0.1) is 0 Å². The number of benzene rings is 2. The van der Waals surface area contributed by atoms with E-state index in [1.165, 1.54) is 31.0 Å². The van der Waals surface area contributed by atoms with Gasteiger partial charge in [0.05, 0.1) is 0 Å². The summed E-state index contributed by atoms with van der Waals surface area (Å²) in [5.74, 6) is 0. The summed E-state index contributed by atoms with van der Waals surface area (Å²) >= 11 is -0.734. The molecule has 25 heavy (non-hydrogen) atoms. The van der Waals surface area contributed by atoms with Crippen LogP contribution in [0.15, 0.2) is 94.3 Å². The zero-order valence-electron chi connectivity index (χ0n) is 13.6. The van der Waals surface area contributed by atoms with Gasteiger partial charge in [-0.05, 0) is 0 Å². The molecule has 0 saturated carbocycles. The van der Waals surface area contributed by atoms with Crippen molar-refractivity contribution in [3.63, 3.8) is 0 Å². The SMILES string of the molecule is C1=CC[C]([Zr][C]2(c3ccccc3)C=CC(c3ccccc3)=P2)=C1.Cl.Cl. The summed E-state index contributed by atoms with van der Waals surface area (Å²) in [6.45, 7) is 0. The average Bonchev–Trinajstić information content (AvgIpc) is 3.28. The van der Waals surface area contributed by atoms with Gasteiger partial charge >= 0.3 is 151 Å². The van der Waals surface area contributed by atoms with Crippen molar-refractivity contribution in [2.45, 2.75) is 9.28 Å². The van der Waals surface area contributed by atoms with Crippen molar-refractivity contribution in [3.8, 4) is 0 Å². The Kier molecular flexibility index (Phi) is 7.66. The Morgan fingerprint density at radius 3 is 2.20 bits per heavy atom. The Labute approximate surface area is 175 Å². The van der Waals surface area contributed by atoms with Crippen molar-refractivity contribution in [2.75, 3.05) is 0 Å². The van der Waals surface area contributed by atoms with Gasteiger partial charge in [-0.3, -0.25) is 0 Å². The Bertz CT molecular complexity index is 825. The first-order valence-electron chi connectivity index (χ1n) is 7.90. The predicted molar refractivity (Wildman–Crippen MR) is 111 cm³/mol. The van der Waals surface area contributed by atoms with E-state index in [1.807, 2.05) is 0 Å². The Hall–Kier alpha value is -0.707. The topological polar surface area (TPSA) is 0 Å². The molecule has 4 heteroatoms. The van der Waals surface area contributed by atoms with Crippen molar-refractivity contribution in [1.82, 2.24) is 0 Å². The molecule has 0 saturated heterocycles. The van der Waals surface area contributed by atoms with Crippen LogP contribution >= 0.6 is 33.0 Å². The third-order valence-corrected chi connectivity index (χ3v) is 10.8. The van der Waals surface area contributed by atoms with Crippen LogP contribution in [0.5, 0.6) is 0 Å². The maximum atomic E-state index is 2.50. The molecule has 2 aromatic carbocycles. The quantitative estimate of drug-likeness (QED) is 0.463. The van der Waals surface area contributed by atoms with Gasteiger partial charge in [0.25, 0.3) is 0 Å². The second kappa shape index (κ2) is 9.29. The van der Waals surface area contributed by atoms with E-state index < -0.39 is 23.2 Å². The van der Waals surface area contributed by atoms with E-state index in [1.54, 1.807) is 3.28 Å². The van der Waals surface area contributed by atoms with E-state index in [0.717, 1.165) is 0 Å². The maximum absolute atomic E-state index is 2.50. The van der Waals surface area contributed by atoms with Crippen LogP contribution in [0.4, 0.5) is 0 Å². The molecule has 126 valence electrons. The summed E-state index contributed by atoms with van der Waals surface area (Å²) in [6, 6.07) is 21.9. The van der Waals surface area contributed by atoms with Gasteiger partial charge in [-0.1, -0.05) is 0 Å². The molecule has 1 unspecified atom stereocenters. The van der Waals surface area contributed by atoms with Crippen molar-refractivity contribution < 1.29 is 23.2 Å². The van der Waals surface area contributed by atoms with E-state index in [9.17, 15) is 0 Å². The van der Waals surface area contributed by atoms with E-state index in [2.05, 4.69) is 91.0 Å². The molecule has 0 amide bonds. The fourth-order valence-corrected chi connectivity index (χ4v) is 9.81. The largest absolute Gasteiger partial charge is 0.147 e. The van der Waals surface area contributed by atoms with Crippen molar-refractivity contribution >= 4 is 38.3 Å². The van der Waals surface area contributed by atoms with Crippen molar-refractivity contribution in [2.24, 2.45) is 0 Å². The van der Waals surface area contributed by atoms with Crippen molar-refractivity contribution in [1.29, 1.82) is 0 Å². The van der Waals surface area contributed by atoms with Gasteiger partial charge in [0.2, 0.25) is 0 Å². The van der Waals surface area contributed by atoms with Gasteiger partial charge in [0, 0.05) is 0 Å². The summed E-state index contributed by atoms with van der Waals surface area (Å²) in [5.41, 5.74) is 2.85. The Balaban J connectivity index is 0.00000113. The molecular weight excluding hydrogens is 445 g/mol. The first-order valence-corrected chi connectivity index (χ1v) is 11.2. The minimum atomic E-state index is -0.734. The molecule has 2 aliphatic rings. The molecule has 1 aliphatic carbocycles. The van der Waals surface area contributed by atoms with Gasteiger partial charge in [0.15, 0.2) is 0 Å². The summed E-state index contributed by atoms with van der Waals surface area (Å²) < 4.78 is 1.94. The third kappa shape index (κ3) is 4.53. The maximum Gasteiger partial charge on any atom is -0.147 e. The van der Waals surface area contributed by atoms with Crippen LogP contribution in [0.2, 0.25) is 0 Å². The summed E-state index contributed by atoms with van der Waals surface area (Å²) in [5, 5.41) is 1.46. The zero-order chi connectivity index (χ0) is 15.5. The van der Waals surface area contributed by atoms with E-state index in [4.69, 9.17) is 0 Å². The molecule has 1 heterocycles. The zero-order valence-corrected chi connectivity index (χ0v) is 18.6. The molecule has 0 aromatic heterocycles. The second-order valence-electron chi connectivity index (χ2n) is 5.78. The average molecular weight is 464 g/mol. The van der Waals surface area contributed by atoms with Crippen LogP contribution in [-0.4, -0.2) is 5.29 Å². The van der Waals surface area contributed by atoms with Gasteiger partial charge in [0.1, 0.15) is 0 Å². The Morgan fingerprint density at radius 1 is 0.880 bits per heavy atom. The predicted octanol–water partition coefficient (Wildman–Crippen LogP) is 6.35. The summed E-state index contributed by atoms with van der Waals surface area (Å²) in [6.07, 6.45) is 12.9. The number of hydrogen-bond donors (Lipinski definition) is 0.